The molecule has 0 N–H and O–H groups in total. The van der Waals surface area contributed by atoms with Crippen molar-refractivity contribution in [3.05, 3.63) is 11.7 Å². The second-order valence-electron chi connectivity index (χ2n) is 5.93. The van der Waals surface area contributed by atoms with E-state index in [4.69, 9.17) is 14.0 Å². The van der Waals surface area contributed by atoms with Crippen molar-refractivity contribution >= 4 is 0 Å². The highest BCUT2D eigenvalue weighted by molar-refractivity contribution is 4.97. The Morgan fingerprint density at radius 3 is 2.80 bits per heavy atom. The lowest BCUT2D eigenvalue weighted by Crippen LogP contribution is -2.26. The van der Waals surface area contributed by atoms with Gasteiger partial charge in [0.15, 0.2) is 5.82 Å². The first-order valence-electron chi connectivity index (χ1n) is 7.87. The van der Waals surface area contributed by atoms with Gasteiger partial charge in [-0.05, 0) is 38.0 Å². The van der Waals surface area contributed by atoms with Gasteiger partial charge in [-0.1, -0.05) is 12.1 Å². The Morgan fingerprint density at radius 1 is 1.15 bits per heavy atom. The van der Waals surface area contributed by atoms with Crippen molar-refractivity contribution in [2.24, 2.45) is 5.92 Å². The second-order valence-corrected chi connectivity index (χ2v) is 5.93. The van der Waals surface area contributed by atoms with Gasteiger partial charge in [-0.15, -0.1) is 0 Å². The van der Waals surface area contributed by atoms with Crippen LogP contribution in [0.4, 0.5) is 0 Å². The third-order valence-corrected chi connectivity index (χ3v) is 4.46. The van der Waals surface area contributed by atoms with Crippen molar-refractivity contribution in [3.8, 4) is 0 Å². The van der Waals surface area contributed by atoms with E-state index in [9.17, 15) is 0 Å². The molecule has 2 aliphatic rings. The second kappa shape index (κ2) is 6.68. The highest BCUT2D eigenvalue weighted by atomic mass is 16.5. The maximum Gasteiger partial charge on any atom is 0.226 e. The average Bonchev–Trinajstić information content (AvgIpc) is 2.97. The lowest BCUT2D eigenvalue weighted by atomic mass is 9.91. The minimum absolute atomic E-state index is 0.409. The Kier molecular flexibility index (Phi) is 4.68. The molecule has 0 aliphatic carbocycles. The maximum absolute atomic E-state index is 5.71. The minimum atomic E-state index is 0.409. The van der Waals surface area contributed by atoms with E-state index < -0.39 is 0 Å². The summed E-state index contributed by atoms with van der Waals surface area (Å²) in [6.07, 6.45) is 6.63. The normalized spacial score (nSPS) is 28.6. The van der Waals surface area contributed by atoms with Gasteiger partial charge in [-0.2, -0.15) is 4.98 Å². The van der Waals surface area contributed by atoms with Crippen LogP contribution in [0.3, 0.4) is 0 Å². The van der Waals surface area contributed by atoms with Crippen molar-refractivity contribution in [1.82, 2.24) is 10.1 Å². The fraction of sp³-hybridized carbons (Fsp3) is 0.867. The van der Waals surface area contributed by atoms with E-state index in [1.54, 1.807) is 0 Å². The molecule has 1 aromatic rings. The van der Waals surface area contributed by atoms with Crippen LogP contribution >= 0.6 is 0 Å². The van der Waals surface area contributed by atoms with Gasteiger partial charge in [-0.3, -0.25) is 0 Å². The molecule has 5 nitrogen and oxygen atoms in total. The zero-order valence-electron chi connectivity index (χ0n) is 12.2. The van der Waals surface area contributed by atoms with E-state index in [2.05, 4.69) is 17.1 Å². The molecule has 2 atom stereocenters. The summed E-state index contributed by atoms with van der Waals surface area (Å²) in [7, 11) is 0. The monoisotopic (exact) mass is 280 g/mol. The van der Waals surface area contributed by atoms with Crippen molar-refractivity contribution < 1.29 is 14.0 Å². The Morgan fingerprint density at radius 2 is 2.00 bits per heavy atom. The number of aromatic nitrogens is 2. The number of ether oxygens (including phenoxy) is 2. The molecule has 1 aromatic heterocycles. The summed E-state index contributed by atoms with van der Waals surface area (Å²) in [5, 5.41) is 4.17. The van der Waals surface area contributed by atoms with Gasteiger partial charge in [0, 0.05) is 32.2 Å². The number of rotatable bonds is 4. The van der Waals surface area contributed by atoms with Crippen molar-refractivity contribution in [1.29, 1.82) is 0 Å². The average molecular weight is 280 g/mol. The van der Waals surface area contributed by atoms with Gasteiger partial charge in [0.1, 0.15) is 0 Å². The van der Waals surface area contributed by atoms with Crippen LogP contribution in [-0.2, 0) is 15.9 Å². The molecule has 5 heteroatoms. The maximum atomic E-state index is 5.71. The van der Waals surface area contributed by atoms with Gasteiger partial charge in [0.05, 0.1) is 6.10 Å². The van der Waals surface area contributed by atoms with Crippen LogP contribution in [0.1, 0.15) is 56.7 Å². The summed E-state index contributed by atoms with van der Waals surface area (Å²) < 4.78 is 16.5. The molecule has 0 bridgehead atoms. The third-order valence-electron chi connectivity index (χ3n) is 4.46. The molecule has 0 aromatic carbocycles. The van der Waals surface area contributed by atoms with Crippen LogP contribution in [0.2, 0.25) is 0 Å². The predicted octanol–water partition coefficient (Wildman–Crippen LogP) is 2.71. The molecule has 2 saturated heterocycles. The Bertz CT molecular complexity index is 415. The standard InChI is InChI=1S/C15H24N2O3/c1-2-13-9-11(3-8-19-13)10-14-16-15(17-20-14)12-4-6-18-7-5-12/h11-13H,2-10H2,1H3/t11-,13-/m1/s1. The molecule has 0 spiro atoms. The lowest BCUT2D eigenvalue weighted by molar-refractivity contribution is -0.0115. The van der Waals surface area contributed by atoms with E-state index in [0.29, 0.717) is 17.9 Å². The largest absolute Gasteiger partial charge is 0.381 e. The highest BCUT2D eigenvalue weighted by Crippen LogP contribution is 2.27. The van der Waals surface area contributed by atoms with Gasteiger partial charge in [0.2, 0.25) is 5.89 Å². The first-order chi connectivity index (χ1) is 9.85. The van der Waals surface area contributed by atoms with Crippen molar-refractivity contribution in [2.75, 3.05) is 19.8 Å². The fourth-order valence-corrected chi connectivity index (χ4v) is 3.15. The summed E-state index contributed by atoms with van der Waals surface area (Å²) >= 11 is 0. The molecule has 2 fully saturated rings. The minimum Gasteiger partial charge on any atom is -0.381 e. The molecular formula is C15H24N2O3. The highest BCUT2D eigenvalue weighted by Gasteiger charge is 2.25. The van der Waals surface area contributed by atoms with Crippen LogP contribution in [0, 0.1) is 5.92 Å². The first-order valence-corrected chi connectivity index (χ1v) is 7.87. The smallest absolute Gasteiger partial charge is 0.226 e. The lowest BCUT2D eigenvalue weighted by Gasteiger charge is -2.27. The van der Waals surface area contributed by atoms with Crippen molar-refractivity contribution in [2.45, 2.75) is 57.5 Å². The van der Waals surface area contributed by atoms with Crippen LogP contribution in [-0.4, -0.2) is 36.1 Å². The van der Waals surface area contributed by atoms with E-state index in [0.717, 1.165) is 70.1 Å². The molecule has 20 heavy (non-hydrogen) atoms. The number of hydrogen-bond acceptors (Lipinski definition) is 5. The zero-order valence-corrected chi connectivity index (χ0v) is 12.2. The van der Waals surface area contributed by atoms with Crippen LogP contribution in [0.15, 0.2) is 4.52 Å². The van der Waals surface area contributed by atoms with E-state index in [1.165, 1.54) is 0 Å². The third kappa shape index (κ3) is 3.38. The quantitative estimate of drug-likeness (QED) is 0.848. The van der Waals surface area contributed by atoms with Gasteiger partial charge >= 0.3 is 0 Å². The van der Waals surface area contributed by atoms with Gasteiger partial charge in [-0.25, -0.2) is 0 Å². The molecular weight excluding hydrogens is 256 g/mol. The first kappa shape index (κ1) is 14.0. The molecule has 3 rings (SSSR count). The Balaban J connectivity index is 1.56. The summed E-state index contributed by atoms with van der Waals surface area (Å²) in [4.78, 5) is 4.60. The molecule has 0 saturated carbocycles. The van der Waals surface area contributed by atoms with Crippen molar-refractivity contribution in [3.63, 3.8) is 0 Å². The molecule has 2 aliphatic heterocycles. The number of hydrogen-bond donors (Lipinski definition) is 0. The Labute approximate surface area is 120 Å². The summed E-state index contributed by atoms with van der Waals surface area (Å²) in [6.45, 7) is 4.67. The fourth-order valence-electron chi connectivity index (χ4n) is 3.15. The molecule has 3 heterocycles. The van der Waals surface area contributed by atoms with Crippen LogP contribution in [0.5, 0.6) is 0 Å². The molecule has 0 amide bonds. The summed E-state index contributed by atoms with van der Waals surface area (Å²) in [5.74, 6) is 2.71. The predicted molar refractivity (Wildman–Crippen MR) is 73.6 cm³/mol. The van der Waals surface area contributed by atoms with E-state index in [1.807, 2.05) is 0 Å². The molecule has 112 valence electrons. The molecule has 0 unspecified atom stereocenters. The Hall–Kier alpha value is -0.940. The van der Waals surface area contributed by atoms with E-state index >= 15 is 0 Å². The summed E-state index contributed by atoms with van der Waals surface area (Å²) in [5.41, 5.74) is 0. The topological polar surface area (TPSA) is 57.4 Å². The number of nitrogens with zero attached hydrogens (tertiary/aromatic N) is 2. The SMILES string of the molecule is CC[C@@H]1C[C@H](Cc2nc(C3CCOCC3)no2)CCO1. The molecule has 0 radical (unpaired) electrons. The van der Waals surface area contributed by atoms with E-state index in [-0.39, 0.29) is 0 Å². The van der Waals surface area contributed by atoms with Crippen LogP contribution in [0.25, 0.3) is 0 Å². The van der Waals surface area contributed by atoms with Crippen LogP contribution < -0.4 is 0 Å². The van der Waals surface area contributed by atoms with Gasteiger partial charge in [0.25, 0.3) is 0 Å². The summed E-state index contributed by atoms with van der Waals surface area (Å²) in [6, 6.07) is 0. The van der Waals surface area contributed by atoms with Gasteiger partial charge < -0.3 is 14.0 Å². The zero-order chi connectivity index (χ0) is 13.8.